The predicted molar refractivity (Wildman–Crippen MR) is 90.4 cm³/mol. The third-order valence-corrected chi connectivity index (χ3v) is 5.94. The molecule has 1 aromatic heterocycles. The van der Waals surface area contributed by atoms with Gasteiger partial charge < -0.3 is 5.73 Å². The number of rotatable bonds is 3. The quantitative estimate of drug-likeness (QED) is 0.870. The second-order valence-electron chi connectivity index (χ2n) is 6.84. The Hall–Kier alpha value is -1.19. The average Bonchev–Trinajstić information content (AvgIpc) is 2.92. The summed E-state index contributed by atoms with van der Waals surface area (Å²) in [6, 6.07) is 10.5. The van der Waals surface area contributed by atoms with Gasteiger partial charge in [-0.2, -0.15) is 0 Å². The van der Waals surface area contributed by atoms with Crippen molar-refractivity contribution in [2.75, 3.05) is 0 Å². The van der Waals surface area contributed by atoms with Crippen molar-refractivity contribution in [2.45, 2.75) is 52.0 Å². The molecular formula is C18H24N2S. The fourth-order valence-electron chi connectivity index (χ4n) is 3.14. The van der Waals surface area contributed by atoms with E-state index >= 15 is 0 Å². The second-order valence-corrected chi connectivity index (χ2v) is 7.87. The van der Waals surface area contributed by atoms with Crippen molar-refractivity contribution >= 4 is 11.3 Å². The Balaban J connectivity index is 1.87. The molecule has 0 amide bonds. The number of nitrogens with zero attached hydrogens (tertiary/aromatic N) is 1. The number of hydrogen-bond acceptors (Lipinski definition) is 3. The van der Waals surface area contributed by atoms with Crippen molar-refractivity contribution in [3.8, 4) is 10.4 Å². The van der Waals surface area contributed by atoms with E-state index in [1.54, 1.807) is 0 Å². The maximum atomic E-state index is 5.92. The van der Waals surface area contributed by atoms with E-state index in [1.165, 1.54) is 41.1 Å². The summed E-state index contributed by atoms with van der Waals surface area (Å²) in [4.78, 5) is 6.13. The minimum Gasteiger partial charge on any atom is -0.325 e. The molecule has 112 valence electrons. The van der Waals surface area contributed by atoms with Gasteiger partial charge in [0.25, 0.3) is 0 Å². The van der Waals surface area contributed by atoms with Crippen LogP contribution in [-0.4, -0.2) is 4.98 Å². The van der Waals surface area contributed by atoms with Gasteiger partial charge in [-0.05, 0) is 36.7 Å². The third kappa shape index (κ3) is 3.19. The van der Waals surface area contributed by atoms with E-state index in [9.17, 15) is 0 Å². The van der Waals surface area contributed by atoms with Gasteiger partial charge in [0.05, 0.1) is 15.6 Å². The van der Waals surface area contributed by atoms with Crippen LogP contribution in [0, 0.1) is 5.41 Å². The van der Waals surface area contributed by atoms with Crippen molar-refractivity contribution in [2.24, 2.45) is 11.1 Å². The molecule has 21 heavy (non-hydrogen) atoms. The molecule has 0 spiro atoms. The minimum atomic E-state index is 0.507. The Labute approximate surface area is 131 Å². The Bertz CT molecular complexity index is 591. The third-order valence-electron chi connectivity index (χ3n) is 4.63. The molecule has 1 heterocycles. The molecule has 1 aromatic carbocycles. The van der Waals surface area contributed by atoms with E-state index in [2.05, 4.69) is 44.2 Å². The van der Waals surface area contributed by atoms with Crippen LogP contribution in [0.4, 0.5) is 0 Å². The number of hydrogen-bond donors (Lipinski definition) is 1. The van der Waals surface area contributed by atoms with Crippen LogP contribution < -0.4 is 5.73 Å². The van der Waals surface area contributed by atoms with E-state index in [1.807, 2.05) is 11.3 Å². The number of benzene rings is 1. The van der Waals surface area contributed by atoms with Gasteiger partial charge in [-0.1, -0.05) is 44.2 Å². The molecule has 2 aromatic rings. The molecule has 0 saturated heterocycles. The van der Waals surface area contributed by atoms with Crippen molar-refractivity contribution < 1.29 is 0 Å². The minimum absolute atomic E-state index is 0.507. The molecule has 0 unspecified atom stereocenters. The van der Waals surface area contributed by atoms with Crippen molar-refractivity contribution in [1.82, 2.24) is 4.98 Å². The normalized spacial score (nSPS) is 18.8. The topological polar surface area (TPSA) is 38.9 Å². The molecule has 0 radical (unpaired) electrons. The molecule has 3 heteroatoms. The van der Waals surface area contributed by atoms with Crippen molar-refractivity contribution in [3.05, 3.63) is 41.0 Å². The summed E-state index contributed by atoms with van der Waals surface area (Å²) < 4.78 is 0. The molecule has 2 N–H and O–H groups in total. The summed E-state index contributed by atoms with van der Waals surface area (Å²) >= 11 is 1.85. The maximum absolute atomic E-state index is 5.92. The summed E-state index contributed by atoms with van der Waals surface area (Å²) in [5, 5.41) is 1.30. The first-order valence-corrected chi connectivity index (χ1v) is 8.66. The van der Waals surface area contributed by atoms with Crippen molar-refractivity contribution in [1.29, 1.82) is 0 Å². The Morgan fingerprint density at radius 3 is 2.48 bits per heavy atom. The zero-order valence-electron chi connectivity index (χ0n) is 12.9. The highest BCUT2D eigenvalue weighted by Gasteiger charge is 2.29. The standard InChI is InChI=1S/C18H24N2S/c1-18(2)10-8-14(9-11-18)17-20-15(12-19)16(21-17)13-6-4-3-5-7-13/h3-7,14H,8-12,19H2,1-2H3. The lowest BCUT2D eigenvalue weighted by molar-refractivity contribution is 0.224. The summed E-state index contributed by atoms with van der Waals surface area (Å²) in [5.74, 6) is 0.630. The summed E-state index contributed by atoms with van der Waals surface area (Å²) in [6.45, 7) is 5.29. The van der Waals surface area contributed by atoms with Crippen LogP contribution in [0.25, 0.3) is 10.4 Å². The van der Waals surface area contributed by atoms with Crippen LogP contribution in [0.1, 0.15) is 56.2 Å². The van der Waals surface area contributed by atoms with Gasteiger partial charge in [-0.15, -0.1) is 11.3 Å². The fraction of sp³-hybridized carbons (Fsp3) is 0.500. The molecule has 3 rings (SSSR count). The molecular weight excluding hydrogens is 276 g/mol. The predicted octanol–water partition coefficient (Wildman–Crippen LogP) is 4.95. The number of aromatic nitrogens is 1. The van der Waals surface area contributed by atoms with Gasteiger partial charge in [0.2, 0.25) is 0 Å². The van der Waals surface area contributed by atoms with Gasteiger partial charge in [0.15, 0.2) is 0 Å². The smallest absolute Gasteiger partial charge is 0.0966 e. The molecule has 1 saturated carbocycles. The van der Waals surface area contributed by atoms with Gasteiger partial charge in [-0.25, -0.2) is 4.98 Å². The monoisotopic (exact) mass is 300 g/mol. The molecule has 2 nitrogen and oxygen atoms in total. The first kappa shape index (κ1) is 14.7. The number of nitrogens with two attached hydrogens (primary N) is 1. The highest BCUT2D eigenvalue weighted by Crippen LogP contribution is 2.44. The van der Waals surface area contributed by atoms with E-state index in [4.69, 9.17) is 10.7 Å². The maximum Gasteiger partial charge on any atom is 0.0966 e. The zero-order chi connectivity index (χ0) is 14.9. The van der Waals surface area contributed by atoms with Crippen LogP contribution in [0.5, 0.6) is 0 Å². The van der Waals surface area contributed by atoms with Crippen LogP contribution in [0.2, 0.25) is 0 Å². The van der Waals surface area contributed by atoms with E-state index < -0.39 is 0 Å². The van der Waals surface area contributed by atoms with Crippen LogP contribution in [0.3, 0.4) is 0 Å². The van der Waals surface area contributed by atoms with Crippen LogP contribution in [-0.2, 0) is 6.54 Å². The van der Waals surface area contributed by atoms with Crippen molar-refractivity contribution in [3.63, 3.8) is 0 Å². The second kappa shape index (κ2) is 5.90. The lowest BCUT2D eigenvalue weighted by Crippen LogP contribution is -2.20. The van der Waals surface area contributed by atoms with Gasteiger partial charge >= 0.3 is 0 Å². The van der Waals surface area contributed by atoms with E-state index in [0.29, 0.717) is 17.9 Å². The van der Waals surface area contributed by atoms with E-state index in [0.717, 1.165) is 5.69 Å². The lowest BCUT2D eigenvalue weighted by Gasteiger charge is -2.33. The fourth-order valence-corrected chi connectivity index (χ4v) is 4.41. The van der Waals surface area contributed by atoms with E-state index in [-0.39, 0.29) is 0 Å². The Kier molecular flexibility index (Phi) is 4.14. The summed E-state index contributed by atoms with van der Waals surface area (Å²) in [6.07, 6.45) is 5.13. The summed E-state index contributed by atoms with van der Waals surface area (Å²) in [7, 11) is 0. The molecule has 0 aliphatic heterocycles. The van der Waals surface area contributed by atoms with Crippen LogP contribution in [0.15, 0.2) is 30.3 Å². The molecule has 1 aliphatic rings. The SMILES string of the molecule is CC1(C)CCC(c2nc(CN)c(-c3ccccc3)s2)CC1. The van der Waals surface area contributed by atoms with Gasteiger partial charge in [-0.3, -0.25) is 0 Å². The zero-order valence-corrected chi connectivity index (χ0v) is 13.7. The van der Waals surface area contributed by atoms with Crippen LogP contribution >= 0.6 is 11.3 Å². The lowest BCUT2D eigenvalue weighted by atomic mass is 9.73. The first-order valence-electron chi connectivity index (χ1n) is 7.84. The molecule has 0 atom stereocenters. The molecule has 1 fully saturated rings. The Morgan fingerprint density at radius 2 is 1.86 bits per heavy atom. The first-order chi connectivity index (χ1) is 10.1. The molecule has 0 bridgehead atoms. The Morgan fingerprint density at radius 1 is 1.19 bits per heavy atom. The van der Waals surface area contributed by atoms with Gasteiger partial charge in [0.1, 0.15) is 0 Å². The largest absolute Gasteiger partial charge is 0.325 e. The highest BCUT2D eigenvalue weighted by atomic mass is 32.1. The number of thiazole rings is 1. The highest BCUT2D eigenvalue weighted by molar-refractivity contribution is 7.15. The molecule has 1 aliphatic carbocycles. The summed E-state index contributed by atoms with van der Waals surface area (Å²) in [5.41, 5.74) is 8.73. The van der Waals surface area contributed by atoms with Gasteiger partial charge in [0, 0.05) is 12.5 Å². The average molecular weight is 300 g/mol.